The fourth-order valence-corrected chi connectivity index (χ4v) is 1.92. The summed E-state index contributed by atoms with van der Waals surface area (Å²) < 4.78 is 1.04. The molecular weight excluding hydrogens is 242 g/mol. The van der Waals surface area contributed by atoms with Crippen LogP contribution in [0.25, 0.3) is 21.9 Å². The van der Waals surface area contributed by atoms with E-state index in [0.717, 1.165) is 26.4 Å². The number of imidazole rings is 1. The highest BCUT2D eigenvalue weighted by Crippen LogP contribution is 2.23. The molecule has 0 radical (unpaired) electrons. The molecule has 4 heteroatoms. The van der Waals surface area contributed by atoms with Gasteiger partial charge in [-0.3, -0.25) is 4.98 Å². The predicted octanol–water partition coefficient (Wildman–Crippen LogP) is 2.87. The first-order chi connectivity index (χ1) is 6.84. The zero-order valence-corrected chi connectivity index (χ0v) is 8.75. The Balaban J connectivity index is 2.60. The van der Waals surface area contributed by atoms with Crippen LogP contribution >= 0.6 is 15.9 Å². The Hall–Kier alpha value is -1.42. The van der Waals surface area contributed by atoms with E-state index in [1.807, 2.05) is 18.2 Å². The Morgan fingerprint density at radius 3 is 3.07 bits per heavy atom. The third kappa shape index (κ3) is 1.04. The van der Waals surface area contributed by atoms with Crippen LogP contribution in [-0.2, 0) is 0 Å². The molecule has 0 aliphatic rings. The molecule has 0 amide bonds. The summed E-state index contributed by atoms with van der Waals surface area (Å²) in [5, 5.41) is 1.07. The third-order valence-electron chi connectivity index (χ3n) is 2.22. The molecule has 2 heterocycles. The van der Waals surface area contributed by atoms with Gasteiger partial charge in [-0.15, -0.1) is 0 Å². The molecule has 3 rings (SSSR count). The molecule has 14 heavy (non-hydrogen) atoms. The number of nitrogens with one attached hydrogen (secondary N) is 1. The normalized spacial score (nSPS) is 11.2. The standard InChI is InChI=1S/C10H6BrN3/c11-6-1-2-8-7(3-6)10-9(4-12-8)13-5-14-10/h1-5H,(H,13,14). The average Bonchev–Trinajstić information content (AvgIpc) is 2.65. The summed E-state index contributed by atoms with van der Waals surface area (Å²) in [6.07, 6.45) is 3.49. The van der Waals surface area contributed by atoms with Crippen LogP contribution in [-0.4, -0.2) is 15.0 Å². The molecular formula is C10H6BrN3. The van der Waals surface area contributed by atoms with E-state index in [1.54, 1.807) is 12.5 Å². The van der Waals surface area contributed by atoms with Crippen molar-refractivity contribution in [3.05, 3.63) is 35.2 Å². The number of halogens is 1. The predicted molar refractivity (Wildman–Crippen MR) is 59.1 cm³/mol. The summed E-state index contributed by atoms with van der Waals surface area (Å²) in [5.74, 6) is 0. The fourth-order valence-electron chi connectivity index (χ4n) is 1.56. The number of aromatic nitrogens is 3. The number of aromatic amines is 1. The van der Waals surface area contributed by atoms with Crippen LogP contribution in [0.15, 0.2) is 35.2 Å². The van der Waals surface area contributed by atoms with Gasteiger partial charge in [0.05, 0.1) is 29.1 Å². The van der Waals surface area contributed by atoms with Gasteiger partial charge in [0.15, 0.2) is 0 Å². The quantitative estimate of drug-likeness (QED) is 0.664. The minimum Gasteiger partial charge on any atom is -0.343 e. The molecule has 1 N–H and O–H groups in total. The SMILES string of the molecule is Brc1ccc2ncc3[nH]cnc3c2c1. The second kappa shape index (κ2) is 2.78. The molecule has 1 aromatic carbocycles. The molecule has 0 spiro atoms. The first kappa shape index (κ1) is 7.94. The molecule has 0 aliphatic carbocycles. The van der Waals surface area contributed by atoms with Crippen molar-refractivity contribution in [3.8, 4) is 0 Å². The molecule has 0 saturated heterocycles. The maximum Gasteiger partial charge on any atom is 0.0992 e. The van der Waals surface area contributed by atoms with Gasteiger partial charge in [0.25, 0.3) is 0 Å². The van der Waals surface area contributed by atoms with E-state index in [1.165, 1.54) is 0 Å². The van der Waals surface area contributed by atoms with Gasteiger partial charge in [0, 0.05) is 9.86 Å². The van der Waals surface area contributed by atoms with Crippen molar-refractivity contribution in [3.63, 3.8) is 0 Å². The molecule has 0 unspecified atom stereocenters. The van der Waals surface area contributed by atoms with E-state index in [0.29, 0.717) is 0 Å². The minimum absolute atomic E-state index is 0.966. The number of hydrogen-bond donors (Lipinski definition) is 1. The molecule has 3 aromatic rings. The maximum atomic E-state index is 4.33. The number of fused-ring (bicyclic) bond motifs is 3. The summed E-state index contributed by atoms with van der Waals surface area (Å²) in [7, 11) is 0. The molecule has 0 fully saturated rings. The zero-order chi connectivity index (χ0) is 9.54. The maximum absolute atomic E-state index is 4.33. The number of benzene rings is 1. The van der Waals surface area contributed by atoms with Crippen LogP contribution in [0.2, 0.25) is 0 Å². The lowest BCUT2D eigenvalue weighted by atomic mass is 10.2. The van der Waals surface area contributed by atoms with Gasteiger partial charge in [0.2, 0.25) is 0 Å². The number of nitrogens with zero attached hydrogens (tertiary/aromatic N) is 2. The Morgan fingerprint density at radius 1 is 1.21 bits per heavy atom. The number of hydrogen-bond acceptors (Lipinski definition) is 2. The largest absolute Gasteiger partial charge is 0.343 e. The second-order valence-corrected chi connectivity index (χ2v) is 4.00. The highest BCUT2D eigenvalue weighted by molar-refractivity contribution is 9.10. The van der Waals surface area contributed by atoms with Gasteiger partial charge in [0.1, 0.15) is 0 Å². The van der Waals surface area contributed by atoms with Crippen LogP contribution in [0, 0.1) is 0 Å². The lowest BCUT2D eigenvalue weighted by molar-refractivity contribution is 1.34. The highest BCUT2D eigenvalue weighted by Gasteiger charge is 2.03. The van der Waals surface area contributed by atoms with Crippen LogP contribution in [0.5, 0.6) is 0 Å². The number of H-pyrrole nitrogens is 1. The van der Waals surface area contributed by atoms with Gasteiger partial charge >= 0.3 is 0 Å². The van der Waals surface area contributed by atoms with E-state index in [9.17, 15) is 0 Å². The van der Waals surface area contributed by atoms with Crippen molar-refractivity contribution in [1.29, 1.82) is 0 Å². The first-order valence-corrected chi connectivity index (χ1v) is 5.01. The van der Waals surface area contributed by atoms with Crippen molar-refractivity contribution in [2.24, 2.45) is 0 Å². The van der Waals surface area contributed by atoms with Crippen molar-refractivity contribution in [2.45, 2.75) is 0 Å². The van der Waals surface area contributed by atoms with Crippen molar-refractivity contribution >= 4 is 37.9 Å². The molecule has 0 bridgehead atoms. The monoisotopic (exact) mass is 247 g/mol. The zero-order valence-electron chi connectivity index (χ0n) is 7.16. The number of rotatable bonds is 0. The molecule has 0 aliphatic heterocycles. The number of pyridine rings is 1. The lowest BCUT2D eigenvalue weighted by Crippen LogP contribution is -1.80. The van der Waals surface area contributed by atoms with E-state index in [2.05, 4.69) is 30.9 Å². The second-order valence-electron chi connectivity index (χ2n) is 3.08. The van der Waals surface area contributed by atoms with Crippen molar-refractivity contribution < 1.29 is 0 Å². The van der Waals surface area contributed by atoms with Crippen LogP contribution < -0.4 is 0 Å². The Kier molecular flexibility index (Phi) is 1.58. The molecule has 68 valence electrons. The fraction of sp³-hybridized carbons (Fsp3) is 0. The van der Waals surface area contributed by atoms with Crippen molar-refractivity contribution in [1.82, 2.24) is 15.0 Å². The Bertz CT molecular complexity index is 615. The third-order valence-corrected chi connectivity index (χ3v) is 2.71. The van der Waals surface area contributed by atoms with Gasteiger partial charge in [-0.05, 0) is 18.2 Å². The van der Waals surface area contributed by atoms with Crippen molar-refractivity contribution in [2.75, 3.05) is 0 Å². The van der Waals surface area contributed by atoms with Gasteiger partial charge in [-0.25, -0.2) is 4.98 Å². The minimum atomic E-state index is 0.966. The highest BCUT2D eigenvalue weighted by atomic mass is 79.9. The van der Waals surface area contributed by atoms with Crippen LogP contribution in [0.3, 0.4) is 0 Å². The van der Waals surface area contributed by atoms with Gasteiger partial charge in [-0.1, -0.05) is 15.9 Å². The Labute approximate surface area is 88.3 Å². The van der Waals surface area contributed by atoms with Gasteiger partial charge < -0.3 is 4.98 Å². The van der Waals surface area contributed by atoms with E-state index in [4.69, 9.17) is 0 Å². The lowest BCUT2D eigenvalue weighted by Gasteiger charge is -1.98. The molecule has 3 nitrogen and oxygen atoms in total. The van der Waals surface area contributed by atoms with Gasteiger partial charge in [-0.2, -0.15) is 0 Å². The molecule has 2 aromatic heterocycles. The van der Waals surface area contributed by atoms with E-state index in [-0.39, 0.29) is 0 Å². The van der Waals surface area contributed by atoms with Crippen LogP contribution in [0.1, 0.15) is 0 Å². The summed E-state index contributed by atoms with van der Waals surface area (Å²) >= 11 is 3.44. The summed E-state index contributed by atoms with van der Waals surface area (Å²) in [5.41, 5.74) is 2.90. The topological polar surface area (TPSA) is 41.6 Å². The Morgan fingerprint density at radius 2 is 2.14 bits per heavy atom. The van der Waals surface area contributed by atoms with Crippen LogP contribution in [0.4, 0.5) is 0 Å². The first-order valence-electron chi connectivity index (χ1n) is 4.22. The van der Waals surface area contributed by atoms with E-state index >= 15 is 0 Å². The average molecular weight is 248 g/mol. The molecule has 0 atom stereocenters. The summed E-state index contributed by atoms with van der Waals surface area (Å²) in [4.78, 5) is 11.6. The smallest absolute Gasteiger partial charge is 0.0992 e. The molecule has 0 saturated carbocycles. The summed E-state index contributed by atoms with van der Waals surface area (Å²) in [6, 6.07) is 5.99. The summed E-state index contributed by atoms with van der Waals surface area (Å²) in [6.45, 7) is 0. The van der Waals surface area contributed by atoms with E-state index < -0.39 is 0 Å².